The van der Waals surface area contributed by atoms with Gasteiger partial charge in [0, 0.05) is 31.9 Å². The Labute approximate surface area is 152 Å². The largest absolute Gasteiger partial charge is 0.465 e. The third-order valence-electron chi connectivity index (χ3n) is 4.39. The van der Waals surface area contributed by atoms with E-state index >= 15 is 0 Å². The zero-order chi connectivity index (χ0) is 19.3. The van der Waals surface area contributed by atoms with Crippen molar-refractivity contribution in [2.45, 2.75) is 13.8 Å². The Kier molecular flexibility index (Phi) is 5.97. The predicted molar refractivity (Wildman–Crippen MR) is 94.4 cm³/mol. The number of nitrogens with one attached hydrogen (secondary N) is 1. The molecule has 1 aromatic carbocycles. The van der Waals surface area contributed by atoms with Crippen LogP contribution in [0.25, 0.3) is 0 Å². The summed E-state index contributed by atoms with van der Waals surface area (Å²) in [4.78, 5) is 50.9. The Morgan fingerprint density at radius 2 is 1.81 bits per heavy atom. The molecule has 0 aliphatic carbocycles. The van der Waals surface area contributed by atoms with Crippen molar-refractivity contribution in [1.29, 1.82) is 0 Å². The van der Waals surface area contributed by atoms with Gasteiger partial charge in [-0.2, -0.15) is 0 Å². The number of nitrogens with zero attached hydrogens (tertiary/aromatic N) is 2. The van der Waals surface area contributed by atoms with E-state index in [-0.39, 0.29) is 5.91 Å². The molecule has 0 spiro atoms. The molecule has 1 saturated heterocycles. The Hall–Kier alpha value is -2.90. The van der Waals surface area contributed by atoms with Gasteiger partial charge in [-0.15, -0.1) is 0 Å². The zero-order valence-corrected chi connectivity index (χ0v) is 15.2. The summed E-state index contributed by atoms with van der Waals surface area (Å²) in [6, 6.07) is 6.32. The first-order valence-electron chi connectivity index (χ1n) is 8.28. The smallest absolute Gasteiger partial charge is 0.337 e. The van der Waals surface area contributed by atoms with E-state index < -0.39 is 17.3 Å². The number of benzene rings is 1. The molecule has 2 rings (SSSR count). The van der Waals surface area contributed by atoms with Crippen molar-refractivity contribution in [1.82, 2.24) is 9.80 Å². The lowest BCUT2D eigenvalue weighted by Gasteiger charge is -2.36. The van der Waals surface area contributed by atoms with Gasteiger partial charge in [0.25, 0.3) is 0 Å². The van der Waals surface area contributed by atoms with Crippen LogP contribution in [0.15, 0.2) is 24.3 Å². The molecule has 0 bridgehead atoms. The van der Waals surface area contributed by atoms with Crippen LogP contribution in [0.3, 0.4) is 0 Å². The first kappa shape index (κ1) is 19.4. The number of amides is 3. The minimum Gasteiger partial charge on any atom is -0.465 e. The normalized spacial score (nSPS) is 14.6. The Morgan fingerprint density at radius 1 is 1.15 bits per heavy atom. The highest BCUT2D eigenvalue weighted by Crippen LogP contribution is 2.23. The molecule has 26 heavy (non-hydrogen) atoms. The van der Waals surface area contributed by atoms with Crippen LogP contribution in [-0.2, 0) is 19.1 Å². The number of anilines is 1. The molecule has 1 heterocycles. The number of ether oxygens (including phenoxy) is 1. The van der Waals surface area contributed by atoms with Gasteiger partial charge in [-0.25, -0.2) is 4.79 Å². The van der Waals surface area contributed by atoms with E-state index in [0.29, 0.717) is 37.4 Å². The van der Waals surface area contributed by atoms with Crippen LogP contribution in [0.1, 0.15) is 24.2 Å². The van der Waals surface area contributed by atoms with Gasteiger partial charge in [0.05, 0.1) is 12.7 Å². The summed E-state index contributed by atoms with van der Waals surface area (Å²) in [5, 5.41) is 2.68. The first-order chi connectivity index (χ1) is 12.3. The average Bonchev–Trinajstić information content (AvgIpc) is 2.66. The summed E-state index contributed by atoms with van der Waals surface area (Å²) in [6.45, 7) is 4.81. The lowest BCUT2D eigenvalue weighted by molar-refractivity contribution is -0.148. The van der Waals surface area contributed by atoms with Gasteiger partial charge < -0.3 is 19.9 Å². The van der Waals surface area contributed by atoms with Crippen molar-refractivity contribution in [2.75, 3.05) is 38.6 Å². The van der Waals surface area contributed by atoms with Crippen LogP contribution < -0.4 is 5.32 Å². The molecular weight excluding hydrogens is 338 g/mol. The fourth-order valence-corrected chi connectivity index (χ4v) is 2.65. The van der Waals surface area contributed by atoms with Crippen LogP contribution in [0, 0.1) is 5.41 Å². The minimum absolute atomic E-state index is 0.301. The molecule has 8 heteroatoms. The second kappa shape index (κ2) is 7.99. The molecule has 0 saturated carbocycles. The average molecular weight is 361 g/mol. The van der Waals surface area contributed by atoms with E-state index in [9.17, 15) is 19.2 Å². The molecule has 1 N–H and O–H groups in total. The molecule has 0 radical (unpaired) electrons. The molecule has 1 aromatic rings. The summed E-state index contributed by atoms with van der Waals surface area (Å²) in [6.07, 6.45) is 0.758. The lowest BCUT2D eigenvalue weighted by atomic mass is 9.89. The van der Waals surface area contributed by atoms with Gasteiger partial charge in [-0.3, -0.25) is 14.4 Å². The maximum atomic E-state index is 12.8. The van der Waals surface area contributed by atoms with E-state index in [4.69, 9.17) is 0 Å². The minimum atomic E-state index is -1.29. The summed E-state index contributed by atoms with van der Waals surface area (Å²) in [7, 11) is 1.28. The fourth-order valence-electron chi connectivity index (χ4n) is 2.65. The number of piperazine rings is 1. The number of carbonyl (C=O) groups excluding carboxylic acids is 4. The molecule has 0 aromatic heterocycles. The molecule has 8 nitrogen and oxygen atoms in total. The number of rotatable bonds is 5. The second-order valence-electron chi connectivity index (χ2n) is 6.59. The summed E-state index contributed by atoms with van der Waals surface area (Å²) >= 11 is 0. The lowest BCUT2D eigenvalue weighted by Crippen LogP contribution is -2.54. The van der Waals surface area contributed by atoms with E-state index in [2.05, 4.69) is 10.1 Å². The van der Waals surface area contributed by atoms with Crippen LogP contribution in [0.5, 0.6) is 0 Å². The molecule has 1 aliphatic heterocycles. The number of hydrogen-bond acceptors (Lipinski definition) is 5. The van der Waals surface area contributed by atoms with Crippen molar-refractivity contribution in [3.8, 4) is 0 Å². The highest BCUT2D eigenvalue weighted by atomic mass is 16.5. The monoisotopic (exact) mass is 361 g/mol. The number of hydrogen-bond donors (Lipinski definition) is 1. The van der Waals surface area contributed by atoms with Crippen molar-refractivity contribution in [2.24, 2.45) is 5.41 Å². The summed E-state index contributed by atoms with van der Waals surface area (Å²) in [5.74, 6) is -1.28. The van der Waals surface area contributed by atoms with E-state index in [1.54, 1.807) is 41.8 Å². The molecule has 140 valence electrons. The van der Waals surface area contributed by atoms with Crippen LogP contribution >= 0.6 is 0 Å². The standard InChI is InChI=1S/C18H23N3O5/c1-18(2,17(25)21-9-7-20(12-22)8-10-21)16(24)19-14-6-4-5-13(11-14)15(23)26-3/h4-6,11-12H,7-10H2,1-3H3,(H,19,24). The van der Waals surface area contributed by atoms with Gasteiger partial charge in [-0.1, -0.05) is 6.07 Å². The molecule has 0 unspecified atom stereocenters. The van der Waals surface area contributed by atoms with Crippen molar-refractivity contribution < 1.29 is 23.9 Å². The Bertz CT molecular complexity index is 709. The second-order valence-corrected chi connectivity index (χ2v) is 6.59. The van der Waals surface area contributed by atoms with Crippen molar-refractivity contribution >= 4 is 29.9 Å². The molecule has 0 atom stereocenters. The summed E-state index contributed by atoms with van der Waals surface area (Å²) in [5.41, 5.74) is -0.575. The SMILES string of the molecule is COC(=O)c1cccc(NC(=O)C(C)(C)C(=O)N2CCN(C=O)CC2)c1. The third kappa shape index (κ3) is 4.19. The fraction of sp³-hybridized carbons (Fsp3) is 0.444. The molecule has 1 fully saturated rings. The quantitative estimate of drug-likeness (QED) is 0.474. The number of esters is 1. The highest BCUT2D eigenvalue weighted by molar-refractivity contribution is 6.10. The van der Waals surface area contributed by atoms with Gasteiger partial charge in [0.2, 0.25) is 18.2 Å². The topological polar surface area (TPSA) is 96.0 Å². The maximum Gasteiger partial charge on any atom is 0.337 e. The number of carbonyl (C=O) groups is 4. The maximum absolute atomic E-state index is 12.8. The Morgan fingerprint density at radius 3 is 2.38 bits per heavy atom. The first-order valence-corrected chi connectivity index (χ1v) is 8.28. The van der Waals surface area contributed by atoms with Crippen LogP contribution in [0.4, 0.5) is 5.69 Å². The van der Waals surface area contributed by atoms with E-state index in [0.717, 1.165) is 6.41 Å². The predicted octanol–water partition coefficient (Wildman–Crippen LogP) is 0.738. The molecular formula is C18H23N3O5. The molecule has 1 aliphatic rings. The zero-order valence-electron chi connectivity index (χ0n) is 15.2. The van der Waals surface area contributed by atoms with Crippen molar-refractivity contribution in [3.63, 3.8) is 0 Å². The summed E-state index contributed by atoms with van der Waals surface area (Å²) < 4.78 is 4.66. The van der Waals surface area contributed by atoms with Gasteiger partial charge in [0.15, 0.2) is 0 Å². The highest BCUT2D eigenvalue weighted by Gasteiger charge is 2.40. The number of methoxy groups -OCH3 is 1. The van der Waals surface area contributed by atoms with Gasteiger partial charge in [-0.05, 0) is 32.0 Å². The van der Waals surface area contributed by atoms with E-state index in [1.807, 2.05) is 0 Å². The van der Waals surface area contributed by atoms with E-state index in [1.165, 1.54) is 13.2 Å². The van der Waals surface area contributed by atoms with Crippen LogP contribution in [-0.4, -0.2) is 67.3 Å². The molecule has 3 amide bonds. The van der Waals surface area contributed by atoms with Gasteiger partial charge in [0.1, 0.15) is 5.41 Å². The third-order valence-corrected chi connectivity index (χ3v) is 4.39. The van der Waals surface area contributed by atoms with Crippen LogP contribution in [0.2, 0.25) is 0 Å². The Balaban J connectivity index is 2.06. The van der Waals surface area contributed by atoms with Crippen molar-refractivity contribution in [3.05, 3.63) is 29.8 Å². The van der Waals surface area contributed by atoms with Gasteiger partial charge >= 0.3 is 5.97 Å².